The number of fused-ring (bicyclic) bond motifs is 1. The first-order chi connectivity index (χ1) is 15.5. The van der Waals surface area contributed by atoms with Gasteiger partial charge in [-0.15, -0.1) is 0 Å². The second-order valence-corrected chi connectivity index (χ2v) is 10.1. The summed E-state index contributed by atoms with van der Waals surface area (Å²) in [7, 11) is 0. The number of rotatable bonds is 4. The molecule has 1 aromatic rings. The molecule has 5 aliphatic rings. The summed E-state index contributed by atoms with van der Waals surface area (Å²) in [5.74, 6) is -0.00910. The van der Waals surface area contributed by atoms with Crippen molar-refractivity contribution in [3.05, 3.63) is 29.3 Å². The van der Waals surface area contributed by atoms with Gasteiger partial charge in [0, 0.05) is 43.1 Å². The van der Waals surface area contributed by atoms with Gasteiger partial charge < -0.3 is 14.4 Å². The topological polar surface area (TPSA) is 88.2 Å². The molecule has 1 spiro atoms. The van der Waals surface area contributed by atoms with Gasteiger partial charge in [-0.3, -0.25) is 24.6 Å². The van der Waals surface area contributed by atoms with Crippen molar-refractivity contribution in [2.24, 2.45) is 5.41 Å². The third-order valence-corrected chi connectivity index (χ3v) is 7.81. The summed E-state index contributed by atoms with van der Waals surface area (Å²) in [4.78, 5) is 40.8. The molecule has 4 aliphatic heterocycles. The Morgan fingerprint density at radius 1 is 1.06 bits per heavy atom. The molecule has 1 aliphatic carbocycles. The standard InChI is InChI=1S/C24H29N3O5/c28-21-8-7-19(22(29)25-21)27-10-15-9-16(5-6-17(15)23(27)30)32-20-4-2-1-3-18(20)26-11-24(12-26)13-31-14-24/h5-6,9,18-20H,1-4,7-8,10-14H2,(H,25,28,29)/t18-,19?,20-/m0/s1. The summed E-state index contributed by atoms with van der Waals surface area (Å²) < 4.78 is 11.9. The highest BCUT2D eigenvalue weighted by atomic mass is 16.5. The van der Waals surface area contributed by atoms with Gasteiger partial charge in [0.15, 0.2) is 0 Å². The van der Waals surface area contributed by atoms with Crippen LogP contribution in [0.3, 0.4) is 0 Å². The van der Waals surface area contributed by atoms with Crippen LogP contribution in [0, 0.1) is 5.41 Å². The molecule has 3 amide bonds. The highest BCUT2D eigenvalue weighted by Crippen LogP contribution is 2.42. The summed E-state index contributed by atoms with van der Waals surface area (Å²) in [5, 5.41) is 2.35. The van der Waals surface area contributed by atoms with E-state index in [0.717, 1.165) is 50.5 Å². The van der Waals surface area contributed by atoms with Crippen LogP contribution in [0.25, 0.3) is 0 Å². The lowest BCUT2D eigenvalue weighted by Gasteiger charge is -2.58. The first kappa shape index (κ1) is 20.2. The van der Waals surface area contributed by atoms with Crippen molar-refractivity contribution in [1.29, 1.82) is 0 Å². The number of hydrogen-bond acceptors (Lipinski definition) is 6. The maximum Gasteiger partial charge on any atom is 0.255 e. The van der Waals surface area contributed by atoms with Gasteiger partial charge in [-0.05, 0) is 49.4 Å². The smallest absolute Gasteiger partial charge is 0.255 e. The molecule has 0 bridgehead atoms. The maximum atomic E-state index is 12.9. The highest BCUT2D eigenvalue weighted by molar-refractivity contribution is 6.05. The van der Waals surface area contributed by atoms with E-state index >= 15 is 0 Å². The number of piperidine rings is 1. The number of likely N-dealkylation sites (tertiary alicyclic amines) is 1. The summed E-state index contributed by atoms with van der Waals surface area (Å²) in [6.45, 7) is 4.38. The van der Waals surface area contributed by atoms with Crippen molar-refractivity contribution in [1.82, 2.24) is 15.1 Å². The van der Waals surface area contributed by atoms with Crippen LogP contribution in [0.2, 0.25) is 0 Å². The van der Waals surface area contributed by atoms with Crippen LogP contribution in [-0.4, -0.2) is 72.0 Å². The average Bonchev–Trinajstić information content (AvgIpc) is 3.03. The number of nitrogens with one attached hydrogen (secondary N) is 1. The van der Waals surface area contributed by atoms with Gasteiger partial charge >= 0.3 is 0 Å². The summed E-state index contributed by atoms with van der Waals surface area (Å²) >= 11 is 0. The molecule has 170 valence electrons. The molecule has 0 radical (unpaired) electrons. The SMILES string of the molecule is O=C1CCC(N2Cc3cc(O[C@H]4CCCC[C@@H]4N4CC5(COC5)C4)ccc3C2=O)C(=O)N1. The molecule has 0 aromatic heterocycles. The summed E-state index contributed by atoms with van der Waals surface area (Å²) in [6.07, 6.45) is 5.42. The molecular formula is C24H29N3O5. The molecular weight excluding hydrogens is 410 g/mol. The van der Waals surface area contributed by atoms with Gasteiger partial charge in [0.05, 0.1) is 13.2 Å². The fourth-order valence-electron chi connectivity index (χ4n) is 6.05. The Bertz CT molecular complexity index is 966. The van der Waals surface area contributed by atoms with Crippen LogP contribution >= 0.6 is 0 Å². The Balaban J connectivity index is 1.14. The van der Waals surface area contributed by atoms with Crippen LogP contribution < -0.4 is 10.1 Å². The molecule has 4 heterocycles. The second kappa shape index (κ2) is 7.56. The average molecular weight is 440 g/mol. The Morgan fingerprint density at radius 2 is 1.88 bits per heavy atom. The molecule has 3 saturated heterocycles. The molecule has 4 fully saturated rings. The van der Waals surface area contributed by atoms with Crippen molar-refractivity contribution in [2.45, 2.75) is 63.3 Å². The van der Waals surface area contributed by atoms with Crippen LogP contribution in [0.5, 0.6) is 5.75 Å². The lowest BCUT2D eigenvalue weighted by Crippen LogP contribution is -2.70. The second-order valence-electron chi connectivity index (χ2n) is 10.1. The third-order valence-electron chi connectivity index (χ3n) is 7.81. The van der Waals surface area contributed by atoms with E-state index in [9.17, 15) is 14.4 Å². The number of amides is 3. The quantitative estimate of drug-likeness (QED) is 0.715. The Labute approximate surface area is 187 Å². The van der Waals surface area contributed by atoms with E-state index in [1.54, 1.807) is 4.90 Å². The molecule has 6 rings (SSSR count). The Kier molecular flexibility index (Phi) is 4.76. The first-order valence-corrected chi connectivity index (χ1v) is 11.8. The number of hydrogen-bond donors (Lipinski definition) is 1. The highest BCUT2D eigenvalue weighted by Gasteiger charge is 2.52. The van der Waals surface area contributed by atoms with Crippen LogP contribution in [0.15, 0.2) is 18.2 Å². The fraction of sp³-hybridized carbons (Fsp3) is 0.625. The van der Waals surface area contributed by atoms with Crippen molar-refractivity contribution in [3.8, 4) is 5.75 Å². The molecule has 1 saturated carbocycles. The molecule has 8 heteroatoms. The molecule has 32 heavy (non-hydrogen) atoms. The molecule has 3 atom stereocenters. The van der Waals surface area contributed by atoms with E-state index < -0.39 is 6.04 Å². The molecule has 8 nitrogen and oxygen atoms in total. The van der Waals surface area contributed by atoms with E-state index in [4.69, 9.17) is 9.47 Å². The summed E-state index contributed by atoms with van der Waals surface area (Å²) in [6, 6.07) is 5.51. The molecule has 1 N–H and O–H groups in total. The van der Waals surface area contributed by atoms with Crippen molar-refractivity contribution < 1.29 is 23.9 Å². The number of ether oxygens (including phenoxy) is 2. The van der Waals surface area contributed by atoms with Crippen LogP contribution in [0.1, 0.15) is 54.4 Å². The fourth-order valence-corrected chi connectivity index (χ4v) is 6.05. The maximum absolute atomic E-state index is 12.9. The van der Waals surface area contributed by atoms with Gasteiger partial charge in [0.25, 0.3) is 5.91 Å². The van der Waals surface area contributed by atoms with Gasteiger partial charge in [0.2, 0.25) is 11.8 Å². The van der Waals surface area contributed by atoms with Gasteiger partial charge in [-0.25, -0.2) is 0 Å². The normalized spacial score (nSPS) is 31.7. The monoisotopic (exact) mass is 439 g/mol. The third kappa shape index (κ3) is 3.31. The minimum atomic E-state index is -0.589. The summed E-state index contributed by atoms with van der Waals surface area (Å²) in [5.41, 5.74) is 1.91. The Hall–Kier alpha value is -2.45. The zero-order valence-corrected chi connectivity index (χ0v) is 18.2. The van der Waals surface area contributed by atoms with Gasteiger partial charge in [0.1, 0.15) is 17.9 Å². The lowest BCUT2D eigenvalue weighted by atomic mass is 9.75. The number of imide groups is 1. The largest absolute Gasteiger partial charge is 0.489 e. The van der Waals surface area contributed by atoms with Gasteiger partial charge in [-0.1, -0.05) is 6.42 Å². The van der Waals surface area contributed by atoms with E-state index in [-0.39, 0.29) is 30.2 Å². The zero-order valence-electron chi connectivity index (χ0n) is 18.2. The first-order valence-electron chi connectivity index (χ1n) is 11.8. The van der Waals surface area contributed by atoms with Crippen molar-refractivity contribution in [2.75, 3.05) is 26.3 Å². The molecule has 1 unspecified atom stereocenters. The van der Waals surface area contributed by atoms with Crippen molar-refractivity contribution in [3.63, 3.8) is 0 Å². The number of benzene rings is 1. The van der Waals surface area contributed by atoms with E-state index in [1.165, 1.54) is 12.8 Å². The number of nitrogens with zero attached hydrogens (tertiary/aromatic N) is 2. The van der Waals surface area contributed by atoms with Gasteiger partial charge in [-0.2, -0.15) is 0 Å². The van der Waals surface area contributed by atoms with E-state index in [1.807, 2.05) is 18.2 Å². The number of carbonyl (C=O) groups excluding carboxylic acids is 3. The van der Waals surface area contributed by atoms with Crippen molar-refractivity contribution >= 4 is 17.7 Å². The molecule has 1 aromatic carbocycles. The predicted molar refractivity (Wildman–Crippen MR) is 114 cm³/mol. The lowest BCUT2D eigenvalue weighted by molar-refractivity contribution is -0.207. The predicted octanol–water partition coefficient (Wildman–Crippen LogP) is 1.47. The van der Waals surface area contributed by atoms with Crippen LogP contribution in [-0.2, 0) is 20.9 Å². The van der Waals surface area contributed by atoms with E-state index in [0.29, 0.717) is 30.0 Å². The Morgan fingerprint density at radius 3 is 2.62 bits per heavy atom. The number of carbonyl (C=O) groups is 3. The van der Waals surface area contributed by atoms with E-state index in [2.05, 4.69) is 10.2 Å². The zero-order chi connectivity index (χ0) is 21.9. The minimum absolute atomic E-state index is 0.148. The van der Waals surface area contributed by atoms with Crippen LogP contribution in [0.4, 0.5) is 0 Å². The minimum Gasteiger partial charge on any atom is -0.489 e.